The molecule has 0 aliphatic carbocycles. The van der Waals surface area contributed by atoms with Crippen LogP contribution in [0.5, 0.6) is 11.5 Å². The molecule has 0 aromatic heterocycles. The molecule has 0 heterocycles. The van der Waals surface area contributed by atoms with E-state index >= 15 is 0 Å². The molecule has 4 aromatic carbocycles. The SMILES string of the molecule is C=C(C)C(=O)Oc1ccc(-c2cccc3c(-c4ccc(OC(O)C(=C)C)cc4)cccc23)cc1. The minimum atomic E-state index is -1.03. The highest BCUT2D eigenvalue weighted by Gasteiger charge is 2.11. The molecule has 4 rings (SSSR count). The molecule has 1 atom stereocenters. The van der Waals surface area contributed by atoms with E-state index in [1.54, 1.807) is 26.0 Å². The molecule has 0 fully saturated rings. The summed E-state index contributed by atoms with van der Waals surface area (Å²) in [7, 11) is 0. The molecule has 1 N–H and O–H groups in total. The van der Waals surface area contributed by atoms with E-state index in [1.807, 2.05) is 48.5 Å². The topological polar surface area (TPSA) is 55.8 Å². The Morgan fingerprint density at radius 3 is 1.65 bits per heavy atom. The summed E-state index contributed by atoms with van der Waals surface area (Å²) in [6.45, 7) is 10.7. The van der Waals surface area contributed by atoms with Gasteiger partial charge < -0.3 is 14.6 Å². The number of ether oxygens (including phenoxy) is 2. The van der Waals surface area contributed by atoms with Crippen molar-refractivity contribution < 1.29 is 19.4 Å². The lowest BCUT2D eigenvalue weighted by Gasteiger charge is -2.14. The summed E-state index contributed by atoms with van der Waals surface area (Å²) in [5.74, 6) is 0.623. The normalized spacial score (nSPS) is 11.6. The predicted molar refractivity (Wildman–Crippen MR) is 137 cm³/mol. The Morgan fingerprint density at radius 1 is 0.735 bits per heavy atom. The molecule has 0 bridgehead atoms. The van der Waals surface area contributed by atoms with Gasteiger partial charge in [0.2, 0.25) is 6.29 Å². The number of aliphatic hydroxyl groups excluding tert-OH is 1. The van der Waals surface area contributed by atoms with Crippen molar-refractivity contribution in [2.75, 3.05) is 0 Å². The molecule has 0 saturated heterocycles. The first-order valence-corrected chi connectivity index (χ1v) is 10.9. The average Bonchev–Trinajstić information content (AvgIpc) is 2.84. The third-order valence-electron chi connectivity index (χ3n) is 5.48. The van der Waals surface area contributed by atoms with Gasteiger partial charge in [-0.25, -0.2) is 4.79 Å². The molecule has 4 nitrogen and oxygen atoms in total. The van der Waals surface area contributed by atoms with Crippen molar-refractivity contribution >= 4 is 16.7 Å². The van der Waals surface area contributed by atoms with Crippen molar-refractivity contribution in [2.45, 2.75) is 20.1 Å². The van der Waals surface area contributed by atoms with Crippen molar-refractivity contribution in [1.82, 2.24) is 0 Å². The van der Waals surface area contributed by atoms with Crippen LogP contribution in [0.3, 0.4) is 0 Å². The fraction of sp³-hybridized carbons (Fsp3) is 0.100. The van der Waals surface area contributed by atoms with Gasteiger partial charge in [-0.15, -0.1) is 0 Å². The number of hydrogen-bond acceptors (Lipinski definition) is 4. The number of hydrogen-bond donors (Lipinski definition) is 1. The first kappa shape index (κ1) is 23.0. The van der Waals surface area contributed by atoms with Crippen LogP contribution < -0.4 is 9.47 Å². The van der Waals surface area contributed by atoms with Crippen molar-refractivity contribution in [3.63, 3.8) is 0 Å². The smallest absolute Gasteiger partial charge is 0.338 e. The lowest BCUT2D eigenvalue weighted by Crippen LogP contribution is -2.15. The van der Waals surface area contributed by atoms with E-state index in [1.165, 1.54) is 0 Å². The van der Waals surface area contributed by atoms with E-state index < -0.39 is 12.3 Å². The van der Waals surface area contributed by atoms with Gasteiger partial charge in [-0.2, -0.15) is 0 Å². The number of benzene rings is 4. The first-order valence-electron chi connectivity index (χ1n) is 10.9. The molecule has 0 amide bonds. The van der Waals surface area contributed by atoms with Crippen LogP contribution >= 0.6 is 0 Å². The van der Waals surface area contributed by atoms with Gasteiger partial charge in [-0.05, 0) is 76.7 Å². The molecular formula is C30H26O4. The second kappa shape index (κ2) is 9.77. The molecular weight excluding hydrogens is 424 g/mol. The van der Waals surface area contributed by atoms with Crippen LogP contribution in [0.15, 0.2) is 109 Å². The van der Waals surface area contributed by atoms with E-state index in [0.29, 0.717) is 22.6 Å². The molecule has 4 heteroatoms. The zero-order chi connectivity index (χ0) is 24.2. The van der Waals surface area contributed by atoms with Gasteiger partial charge in [-0.1, -0.05) is 73.8 Å². The Labute approximate surface area is 199 Å². The number of aliphatic hydroxyl groups is 1. The van der Waals surface area contributed by atoms with E-state index in [9.17, 15) is 9.90 Å². The number of esters is 1. The average molecular weight is 451 g/mol. The summed E-state index contributed by atoms with van der Waals surface area (Å²) < 4.78 is 10.8. The number of carbonyl (C=O) groups excluding carboxylic acids is 1. The third kappa shape index (κ3) is 4.92. The molecule has 0 aliphatic rings. The number of rotatable bonds is 7. The van der Waals surface area contributed by atoms with Gasteiger partial charge in [0, 0.05) is 5.57 Å². The van der Waals surface area contributed by atoms with Crippen LogP contribution in [-0.2, 0) is 4.79 Å². The number of fused-ring (bicyclic) bond motifs is 1. The molecule has 34 heavy (non-hydrogen) atoms. The maximum Gasteiger partial charge on any atom is 0.338 e. The standard InChI is InChI=1S/C30H26O4/c1-19(2)29(31)33-23-15-11-21(12-16-23)25-7-5-10-28-26(8-6-9-27(25)28)22-13-17-24(18-14-22)34-30(32)20(3)4/h5-18,29,31H,1,3H2,2,4H3. The fourth-order valence-corrected chi connectivity index (χ4v) is 3.65. The maximum atomic E-state index is 11.8. The van der Waals surface area contributed by atoms with Crippen molar-refractivity contribution in [2.24, 2.45) is 0 Å². The summed E-state index contributed by atoms with van der Waals surface area (Å²) in [4.78, 5) is 11.8. The van der Waals surface area contributed by atoms with E-state index in [0.717, 1.165) is 33.0 Å². The highest BCUT2D eigenvalue weighted by atomic mass is 16.6. The molecule has 0 aliphatic heterocycles. The Balaban J connectivity index is 1.66. The monoisotopic (exact) mass is 450 g/mol. The Bertz CT molecular complexity index is 1370. The van der Waals surface area contributed by atoms with Gasteiger partial charge in [-0.3, -0.25) is 0 Å². The highest BCUT2D eigenvalue weighted by molar-refractivity contribution is 6.04. The zero-order valence-electron chi connectivity index (χ0n) is 19.2. The summed E-state index contributed by atoms with van der Waals surface area (Å²) in [5.41, 5.74) is 5.15. The number of carbonyl (C=O) groups is 1. The van der Waals surface area contributed by atoms with Gasteiger partial charge in [0.1, 0.15) is 11.5 Å². The first-order chi connectivity index (χ1) is 16.3. The second-order valence-corrected chi connectivity index (χ2v) is 8.24. The van der Waals surface area contributed by atoms with Crippen LogP contribution in [0, 0.1) is 0 Å². The van der Waals surface area contributed by atoms with Gasteiger partial charge in [0.15, 0.2) is 0 Å². The molecule has 1 unspecified atom stereocenters. The van der Waals surface area contributed by atoms with Gasteiger partial charge >= 0.3 is 5.97 Å². The van der Waals surface area contributed by atoms with Crippen LogP contribution in [0.25, 0.3) is 33.0 Å². The summed E-state index contributed by atoms with van der Waals surface area (Å²) >= 11 is 0. The van der Waals surface area contributed by atoms with Crippen molar-refractivity contribution in [3.8, 4) is 33.8 Å². The Kier molecular flexibility index (Phi) is 6.62. The predicted octanol–water partition coefficient (Wildman–Crippen LogP) is 6.93. The van der Waals surface area contributed by atoms with E-state index in [2.05, 4.69) is 37.4 Å². The quantitative estimate of drug-likeness (QED) is 0.109. The van der Waals surface area contributed by atoms with Gasteiger partial charge in [0.25, 0.3) is 0 Å². The van der Waals surface area contributed by atoms with E-state index in [4.69, 9.17) is 9.47 Å². The zero-order valence-corrected chi connectivity index (χ0v) is 19.2. The largest absolute Gasteiger partial charge is 0.461 e. The lowest BCUT2D eigenvalue weighted by atomic mass is 9.93. The highest BCUT2D eigenvalue weighted by Crippen LogP contribution is 2.35. The summed E-state index contributed by atoms with van der Waals surface area (Å²) in [6, 6.07) is 27.6. The molecule has 0 saturated carbocycles. The lowest BCUT2D eigenvalue weighted by molar-refractivity contribution is -0.130. The van der Waals surface area contributed by atoms with Gasteiger partial charge in [0.05, 0.1) is 0 Å². The van der Waals surface area contributed by atoms with Crippen LogP contribution in [0.1, 0.15) is 13.8 Å². The van der Waals surface area contributed by atoms with Crippen LogP contribution in [-0.4, -0.2) is 17.4 Å². The third-order valence-corrected chi connectivity index (χ3v) is 5.48. The molecule has 4 aromatic rings. The molecule has 0 radical (unpaired) electrons. The summed E-state index contributed by atoms with van der Waals surface area (Å²) in [5, 5.41) is 12.1. The van der Waals surface area contributed by atoms with Crippen molar-refractivity contribution in [3.05, 3.63) is 109 Å². The Morgan fingerprint density at radius 2 is 1.21 bits per heavy atom. The van der Waals surface area contributed by atoms with Crippen LogP contribution in [0.4, 0.5) is 0 Å². The maximum absolute atomic E-state index is 11.8. The fourth-order valence-electron chi connectivity index (χ4n) is 3.65. The minimum Gasteiger partial charge on any atom is -0.461 e. The summed E-state index contributed by atoms with van der Waals surface area (Å²) in [6.07, 6.45) is -1.03. The minimum absolute atomic E-state index is 0.359. The Hall–Kier alpha value is -4.15. The second-order valence-electron chi connectivity index (χ2n) is 8.24. The molecule has 0 spiro atoms. The molecule has 170 valence electrons. The van der Waals surface area contributed by atoms with Crippen LogP contribution in [0.2, 0.25) is 0 Å². The van der Waals surface area contributed by atoms with Crippen molar-refractivity contribution in [1.29, 1.82) is 0 Å². The van der Waals surface area contributed by atoms with E-state index in [-0.39, 0.29) is 0 Å².